The molecule has 2 heteroatoms. The number of rotatable bonds is 0. The lowest BCUT2D eigenvalue weighted by Crippen LogP contribution is -2.52. The average molecular weight is 185 g/mol. The molecule has 1 aliphatic heterocycles. The molecule has 0 amide bonds. The van der Waals surface area contributed by atoms with E-state index >= 15 is 0 Å². The molecule has 0 saturated carbocycles. The minimum Gasteiger partial charge on any atom is -0.393 e. The van der Waals surface area contributed by atoms with Crippen molar-refractivity contribution in [1.82, 2.24) is 4.90 Å². The van der Waals surface area contributed by atoms with Gasteiger partial charge in [0.2, 0.25) is 0 Å². The van der Waals surface area contributed by atoms with Crippen LogP contribution >= 0.6 is 0 Å². The lowest BCUT2D eigenvalue weighted by atomic mass is 9.93. The lowest BCUT2D eigenvalue weighted by molar-refractivity contribution is 0.0374. The highest BCUT2D eigenvalue weighted by Gasteiger charge is 2.39. The first-order chi connectivity index (χ1) is 5.76. The van der Waals surface area contributed by atoms with E-state index in [1.807, 2.05) is 0 Å². The molecule has 1 heterocycles. The van der Waals surface area contributed by atoms with Crippen LogP contribution in [0.2, 0.25) is 0 Å². The summed E-state index contributed by atoms with van der Waals surface area (Å²) in [6.45, 7) is 8.94. The predicted octanol–water partition coefficient (Wildman–Crippen LogP) is 2.02. The maximum absolute atomic E-state index is 9.75. The van der Waals surface area contributed by atoms with Gasteiger partial charge in [0.15, 0.2) is 0 Å². The van der Waals surface area contributed by atoms with Crippen molar-refractivity contribution in [1.29, 1.82) is 0 Å². The van der Waals surface area contributed by atoms with Crippen molar-refractivity contribution >= 4 is 0 Å². The number of aliphatic hydroxyl groups is 1. The van der Waals surface area contributed by atoms with Crippen LogP contribution in [0.3, 0.4) is 0 Å². The summed E-state index contributed by atoms with van der Waals surface area (Å²) in [5.41, 5.74) is 0.320. The molecule has 1 N–H and O–H groups in total. The molecular weight excluding hydrogens is 162 g/mol. The first-order valence-corrected chi connectivity index (χ1v) is 5.18. The van der Waals surface area contributed by atoms with Crippen molar-refractivity contribution in [3.8, 4) is 0 Å². The highest BCUT2D eigenvalue weighted by Crippen LogP contribution is 2.34. The van der Waals surface area contributed by atoms with Crippen molar-refractivity contribution in [2.75, 3.05) is 7.05 Å². The minimum atomic E-state index is -0.126. The number of hydrogen-bond acceptors (Lipinski definition) is 2. The van der Waals surface area contributed by atoms with E-state index in [2.05, 4.69) is 39.6 Å². The Labute approximate surface area is 81.9 Å². The predicted molar refractivity (Wildman–Crippen MR) is 55.8 cm³/mol. The molecule has 1 saturated heterocycles. The third-order valence-electron chi connectivity index (χ3n) is 3.64. The third-order valence-corrected chi connectivity index (χ3v) is 3.64. The molecule has 0 bridgehead atoms. The lowest BCUT2D eigenvalue weighted by Gasteiger charge is -2.44. The van der Waals surface area contributed by atoms with Crippen molar-refractivity contribution in [3.05, 3.63) is 0 Å². The van der Waals surface area contributed by atoms with Crippen LogP contribution in [0, 0.1) is 0 Å². The topological polar surface area (TPSA) is 23.5 Å². The smallest absolute Gasteiger partial charge is 0.0558 e. The van der Waals surface area contributed by atoms with Crippen LogP contribution in [0.25, 0.3) is 0 Å². The van der Waals surface area contributed by atoms with E-state index in [9.17, 15) is 5.11 Å². The molecule has 2 nitrogen and oxygen atoms in total. The maximum atomic E-state index is 9.75. The van der Waals surface area contributed by atoms with E-state index in [0.717, 1.165) is 19.3 Å². The molecule has 13 heavy (non-hydrogen) atoms. The molecule has 1 atom stereocenters. The largest absolute Gasteiger partial charge is 0.393 e. The first kappa shape index (κ1) is 11.0. The van der Waals surface area contributed by atoms with E-state index in [4.69, 9.17) is 0 Å². The molecule has 0 radical (unpaired) electrons. The first-order valence-electron chi connectivity index (χ1n) is 5.18. The van der Waals surface area contributed by atoms with Crippen LogP contribution in [0.4, 0.5) is 0 Å². The van der Waals surface area contributed by atoms with Gasteiger partial charge in [-0.2, -0.15) is 0 Å². The van der Waals surface area contributed by atoms with Crippen LogP contribution in [0.1, 0.15) is 47.0 Å². The second kappa shape index (κ2) is 3.25. The Morgan fingerprint density at radius 1 is 1.15 bits per heavy atom. The van der Waals surface area contributed by atoms with Crippen molar-refractivity contribution < 1.29 is 5.11 Å². The second-order valence-electron chi connectivity index (χ2n) is 5.58. The number of likely N-dealkylation sites (tertiary alicyclic amines) is 1. The van der Waals surface area contributed by atoms with Gasteiger partial charge in [-0.05, 0) is 54.0 Å². The van der Waals surface area contributed by atoms with Crippen LogP contribution in [0.15, 0.2) is 0 Å². The number of nitrogens with zero attached hydrogens (tertiary/aromatic N) is 1. The monoisotopic (exact) mass is 185 g/mol. The van der Waals surface area contributed by atoms with Crippen molar-refractivity contribution in [3.63, 3.8) is 0 Å². The zero-order valence-corrected chi connectivity index (χ0v) is 9.59. The van der Waals surface area contributed by atoms with Gasteiger partial charge in [0.05, 0.1) is 6.10 Å². The van der Waals surface area contributed by atoms with Gasteiger partial charge < -0.3 is 5.11 Å². The Balaban J connectivity index is 2.87. The molecule has 1 fully saturated rings. The second-order valence-corrected chi connectivity index (χ2v) is 5.58. The molecule has 78 valence electrons. The molecule has 1 unspecified atom stereocenters. The van der Waals surface area contributed by atoms with E-state index in [0.29, 0.717) is 0 Å². The molecular formula is C11H23NO. The zero-order chi connectivity index (χ0) is 10.3. The Kier molecular flexibility index (Phi) is 2.75. The normalized spacial score (nSPS) is 34.2. The fourth-order valence-electron chi connectivity index (χ4n) is 2.32. The van der Waals surface area contributed by atoms with E-state index in [1.54, 1.807) is 0 Å². The SMILES string of the molecule is CN1C(C)(C)CCC(O)CC1(C)C. The fourth-order valence-corrected chi connectivity index (χ4v) is 2.32. The van der Waals surface area contributed by atoms with Crippen LogP contribution in [0.5, 0.6) is 0 Å². The summed E-state index contributed by atoms with van der Waals surface area (Å²) < 4.78 is 0. The van der Waals surface area contributed by atoms with Gasteiger partial charge in [0.1, 0.15) is 0 Å². The summed E-state index contributed by atoms with van der Waals surface area (Å²) >= 11 is 0. The zero-order valence-electron chi connectivity index (χ0n) is 9.59. The molecule has 0 aromatic carbocycles. The summed E-state index contributed by atoms with van der Waals surface area (Å²) in [5, 5.41) is 9.75. The molecule has 0 aromatic rings. The van der Waals surface area contributed by atoms with E-state index < -0.39 is 0 Å². The standard InChI is InChI=1S/C11H23NO/c1-10(2)7-6-9(13)8-11(3,4)12(10)5/h9,13H,6-8H2,1-5H3. The summed E-state index contributed by atoms with van der Waals surface area (Å²) in [4.78, 5) is 2.40. The Morgan fingerprint density at radius 3 is 2.23 bits per heavy atom. The van der Waals surface area contributed by atoms with Gasteiger partial charge in [-0.1, -0.05) is 0 Å². The molecule has 0 aliphatic carbocycles. The fraction of sp³-hybridized carbons (Fsp3) is 1.00. The number of hydrogen-bond donors (Lipinski definition) is 1. The van der Waals surface area contributed by atoms with Crippen molar-refractivity contribution in [2.24, 2.45) is 0 Å². The van der Waals surface area contributed by atoms with Gasteiger partial charge >= 0.3 is 0 Å². The van der Waals surface area contributed by atoms with Crippen molar-refractivity contribution in [2.45, 2.75) is 64.1 Å². The molecule has 0 spiro atoms. The Bertz CT molecular complexity index is 187. The summed E-state index contributed by atoms with van der Waals surface area (Å²) in [7, 11) is 2.16. The van der Waals surface area contributed by atoms with Crippen LogP contribution in [-0.2, 0) is 0 Å². The molecule has 1 rings (SSSR count). The average Bonchev–Trinajstić information content (AvgIpc) is 2.03. The van der Waals surface area contributed by atoms with Crippen LogP contribution in [-0.4, -0.2) is 34.2 Å². The summed E-state index contributed by atoms with van der Waals surface area (Å²) in [6.07, 6.45) is 2.76. The maximum Gasteiger partial charge on any atom is 0.0558 e. The summed E-state index contributed by atoms with van der Waals surface area (Å²) in [6, 6.07) is 0. The summed E-state index contributed by atoms with van der Waals surface area (Å²) in [5.74, 6) is 0. The third kappa shape index (κ3) is 2.23. The minimum absolute atomic E-state index is 0.111. The van der Waals surface area contributed by atoms with Gasteiger partial charge in [-0.25, -0.2) is 0 Å². The van der Waals surface area contributed by atoms with Gasteiger partial charge in [0, 0.05) is 11.1 Å². The van der Waals surface area contributed by atoms with E-state index in [1.165, 1.54) is 0 Å². The van der Waals surface area contributed by atoms with Gasteiger partial charge in [-0.3, -0.25) is 4.90 Å². The Morgan fingerprint density at radius 2 is 1.69 bits per heavy atom. The molecule has 0 aromatic heterocycles. The quantitative estimate of drug-likeness (QED) is 0.624. The number of aliphatic hydroxyl groups excluding tert-OH is 1. The van der Waals surface area contributed by atoms with Gasteiger partial charge in [0.25, 0.3) is 0 Å². The van der Waals surface area contributed by atoms with E-state index in [-0.39, 0.29) is 17.2 Å². The van der Waals surface area contributed by atoms with Crippen LogP contribution < -0.4 is 0 Å². The highest BCUT2D eigenvalue weighted by molar-refractivity contribution is 4.95. The van der Waals surface area contributed by atoms with Gasteiger partial charge in [-0.15, -0.1) is 0 Å². The molecule has 1 aliphatic rings. The Hall–Kier alpha value is -0.0800. The highest BCUT2D eigenvalue weighted by atomic mass is 16.3.